The molecule has 0 amide bonds. The summed E-state index contributed by atoms with van der Waals surface area (Å²) in [7, 11) is 0. The predicted octanol–water partition coefficient (Wildman–Crippen LogP) is 5.73. The molecule has 160 valence electrons. The molecule has 0 radical (unpaired) electrons. The van der Waals surface area contributed by atoms with Crippen molar-refractivity contribution in [2.24, 2.45) is 22.7 Å². The van der Waals surface area contributed by atoms with E-state index in [1.165, 1.54) is 6.08 Å². The van der Waals surface area contributed by atoms with Crippen molar-refractivity contribution in [2.75, 3.05) is 12.0 Å². The van der Waals surface area contributed by atoms with E-state index in [-0.39, 0.29) is 27.1 Å². The van der Waals surface area contributed by atoms with E-state index < -0.39 is 17.2 Å². The number of hydrogen-bond acceptors (Lipinski definition) is 4. The first kappa shape index (κ1) is 21.7. The van der Waals surface area contributed by atoms with Crippen LogP contribution in [0.25, 0.3) is 0 Å². The molecule has 29 heavy (non-hydrogen) atoms. The highest BCUT2D eigenvalue weighted by Crippen LogP contribution is 2.73. The fraction of sp³-hybridized carbons (Fsp3) is 0.708. The van der Waals surface area contributed by atoms with Crippen LogP contribution in [0.2, 0.25) is 0 Å². The number of hydrogen-bond donors (Lipinski definition) is 1. The van der Waals surface area contributed by atoms with E-state index in [4.69, 9.17) is 0 Å². The summed E-state index contributed by atoms with van der Waals surface area (Å²) in [5.74, 6) is 0.979. The average Bonchev–Trinajstić information content (AvgIpc) is 2.96. The van der Waals surface area contributed by atoms with Gasteiger partial charge in [-0.2, -0.15) is 0 Å². The third-order valence-electron chi connectivity index (χ3n) is 8.66. The van der Waals surface area contributed by atoms with E-state index in [1.54, 1.807) is 12.2 Å². The zero-order chi connectivity index (χ0) is 21.1. The Morgan fingerprint density at radius 1 is 1.31 bits per heavy atom. The Hall–Kier alpha value is -0.520. The fourth-order valence-electron chi connectivity index (χ4n) is 7.07. The standard InChI is InChI=1S/C24H33FO2S2/c1-5-6-13-29-23(28-4)12-10-18-19-8-7-16-14-17(26)9-11-21(16,2)24(19,25)20(27)15-22(18,23)3/h5-6,9,11,14,18-20,27H,7-8,10,12-13,15H2,1-4H3/b6-5+/t18-,19-,20-,21-,22-,23-,24-/m0/s1. The number of carbonyl (C=O) groups is 1. The molecular formula is C24H33FO2S2. The minimum atomic E-state index is -1.71. The first-order chi connectivity index (χ1) is 13.7. The molecule has 0 spiro atoms. The molecule has 0 heterocycles. The summed E-state index contributed by atoms with van der Waals surface area (Å²) < 4.78 is 17.1. The quantitative estimate of drug-likeness (QED) is 0.451. The highest BCUT2D eigenvalue weighted by Gasteiger charge is 2.72. The second-order valence-corrected chi connectivity index (χ2v) is 12.3. The van der Waals surface area contributed by atoms with Crippen molar-refractivity contribution in [3.63, 3.8) is 0 Å². The van der Waals surface area contributed by atoms with Gasteiger partial charge in [-0.3, -0.25) is 4.79 Å². The van der Waals surface area contributed by atoms with Crippen LogP contribution in [-0.4, -0.2) is 38.8 Å². The largest absolute Gasteiger partial charge is 0.390 e. The topological polar surface area (TPSA) is 37.3 Å². The Labute approximate surface area is 182 Å². The summed E-state index contributed by atoms with van der Waals surface area (Å²) in [6, 6.07) is 0. The van der Waals surface area contributed by atoms with Gasteiger partial charge < -0.3 is 5.11 Å². The molecule has 0 saturated heterocycles. The molecular weight excluding hydrogens is 403 g/mol. The van der Waals surface area contributed by atoms with E-state index in [0.29, 0.717) is 6.42 Å². The zero-order valence-corrected chi connectivity index (χ0v) is 19.5. The van der Waals surface area contributed by atoms with E-state index >= 15 is 4.39 Å². The summed E-state index contributed by atoms with van der Waals surface area (Å²) in [6.45, 7) is 6.25. The maximum atomic E-state index is 17.1. The molecule has 0 aliphatic heterocycles. The number of allylic oxidation sites excluding steroid dienone is 5. The minimum Gasteiger partial charge on any atom is -0.390 e. The van der Waals surface area contributed by atoms with Crippen molar-refractivity contribution in [2.45, 2.75) is 68.7 Å². The van der Waals surface area contributed by atoms with E-state index in [0.717, 1.165) is 37.0 Å². The molecule has 7 atom stereocenters. The summed E-state index contributed by atoms with van der Waals surface area (Å²) in [5.41, 5.74) is -1.83. The number of ketones is 1. The average molecular weight is 437 g/mol. The predicted molar refractivity (Wildman–Crippen MR) is 122 cm³/mol. The summed E-state index contributed by atoms with van der Waals surface area (Å²) in [6.07, 6.45) is 14.3. The second-order valence-electron chi connectivity index (χ2n) is 9.64. The molecule has 4 aliphatic carbocycles. The molecule has 5 heteroatoms. The number of alkyl halides is 1. The van der Waals surface area contributed by atoms with Crippen LogP contribution in [0.4, 0.5) is 4.39 Å². The van der Waals surface area contributed by atoms with E-state index in [1.807, 2.05) is 37.4 Å². The van der Waals surface area contributed by atoms with Gasteiger partial charge in [0.2, 0.25) is 0 Å². The number of aliphatic hydroxyl groups excluding tert-OH is 1. The smallest absolute Gasteiger partial charge is 0.178 e. The number of thioether (sulfide) groups is 2. The van der Waals surface area contributed by atoms with Crippen LogP contribution in [-0.2, 0) is 4.79 Å². The molecule has 2 nitrogen and oxygen atoms in total. The Morgan fingerprint density at radius 3 is 2.76 bits per heavy atom. The molecule has 4 rings (SSSR count). The normalized spacial score (nSPS) is 49.0. The van der Waals surface area contributed by atoms with Gasteiger partial charge in [0, 0.05) is 17.1 Å². The van der Waals surface area contributed by atoms with Gasteiger partial charge in [0.1, 0.15) is 0 Å². The number of carbonyl (C=O) groups excluding carboxylic acids is 1. The van der Waals surface area contributed by atoms with Crippen molar-refractivity contribution >= 4 is 29.3 Å². The van der Waals surface area contributed by atoms with Crippen LogP contribution in [0, 0.1) is 22.7 Å². The van der Waals surface area contributed by atoms with Crippen LogP contribution in [0.3, 0.4) is 0 Å². The Kier molecular flexibility index (Phi) is 5.44. The Morgan fingerprint density at radius 2 is 2.07 bits per heavy atom. The van der Waals surface area contributed by atoms with Crippen molar-refractivity contribution in [1.82, 2.24) is 0 Å². The molecule has 0 aromatic rings. The first-order valence-electron chi connectivity index (χ1n) is 10.8. The summed E-state index contributed by atoms with van der Waals surface area (Å²) >= 11 is 3.88. The van der Waals surface area contributed by atoms with Crippen molar-refractivity contribution in [3.8, 4) is 0 Å². The number of rotatable bonds is 4. The molecule has 0 bridgehead atoms. The maximum Gasteiger partial charge on any atom is 0.178 e. The van der Waals surface area contributed by atoms with Crippen LogP contribution < -0.4 is 0 Å². The van der Waals surface area contributed by atoms with Gasteiger partial charge >= 0.3 is 0 Å². The Bertz CT molecular complexity index is 792. The molecule has 1 N–H and O–H groups in total. The van der Waals surface area contributed by atoms with E-state index in [9.17, 15) is 9.90 Å². The van der Waals surface area contributed by atoms with Crippen molar-refractivity contribution in [3.05, 3.63) is 36.0 Å². The third-order valence-corrected chi connectivity index (χ3v) is 12.3. The van der Waals surface area contributed by atoms with Crippen LogP contribution in [0.1, 0.15) is 52.9 Å². The fourth-order valence-corrected chi connectivity index (χ4v) is 10.2. The first-order valence-corrected chi connectivity index (χ1v) is 13.0. The minimum absolute atomic E-state index is 0.00881. The van der Waals surface area contributed by atoms with Gasteiger partial charge in [0.05, 0.1) is 10.2 Å². The van der Waals surface area contributed by atoms with Gasteiger partial charge in [-0.25, -0.2) is 4.39 Å². The molecule has 4 aliphatic rings. The SMILES string of the molecule is C/C=C/CS[C@@]1(SC)CC[C@H]2[C@@H]3CCC4=CC(=O)C=C[C@]4(C)[C@@]3(F)[C@@H](O)C[C@@]21C. The molecule has 3 saturated carbocycles. The van der Waals surface area contributed by atoms with Crippen LogP contribution >= 0.6 is 23.5 Å². The molecule has 3 fully saturated rings. The lowest BCUT2D eigenvalue weighted by Gasteiger charge is -2.63. The number of aliphatic hydroxyl groups is 1. The van der Waals surface area contributed by atoms with Crippen LogP contribution in [0.5, 0.6) is 0 Å². The van der Waals surface area contributed by atoms with Crippen molar-refractivity contribution in [1.29, 1.82) is 0 Å². The molecule has 0 unspecified atom stereocenters. The van der Waals surface area contributed by atoms with Gasteiger partial charge in [-0.15, -0.1) is 23.5 Å². The molecule has 0 aromatic carbocycles. The highest BCUT2D eigenvalue weighted by atomic mass is 32.2. The maximum absolute atomic E-state index is 17.1. The van der Waals surface area contributed by atoms with Gasteiger partial charge in [0.15, 0.2) is 11.5 Å². The monoisotopic (exact) mass is 436 g/mol. The third kappa shape index (κ3) is 2.75. The number of halogens is 1. The molecule has 0 aromatic heterocycles. The van der Waals surface area contributed by atoms with Gasteiger partial charge in [-0.1, -0.05) is 30.7 Å². The Balaban J connectivity index is 1.74. The van der Waals surface area contributed by atoms with Crippen LogP contribution in [0.15, 0.2) is 36.0 Å². The lowest BCUT2D eigenvalue weighted by molar-refractivity contribution is -0.189. The van der Waals surface area contributed by atoms with Gasteiger partial charge in [-0.05, 0) is 75.7 Å². The van der Waals surface area contributed by atoms with E-state index in [2.05, 4.69) is 25.3 Å². The summed E-state index contributed by atoms with van der Waals surface area (Å²) in [5, 5.41) is 11.4. The van der Waals surface area contributed by atoms with Gasteiger partial charge in [0.25, 0.3) is 0 Å². The van der Waals surface area contributed by atoms with Crippen molar-refractivity contribution < 1.29 is 14.3 Å². The zero-order valence-electron chi connectivity index (χ0n) is 17.9. The second kappa shape index (κ2) is 7.27. The highest BCUT2D eigenvalue weighted by molar-refractivity contribution is 8.18. The number of fused-ring (bicyclic) bond motifs is 5. The lowest BCUT2D eigenvalue weighted by Crippen LogP contribution is -2.67. The lowest BCUT2D eigenvalue weighted by atomic mass is 9.46. The summed E-state index contributed by atoms with van der Waals surface area (Å²) in [4.78, 5) is 11.9.